The summed E-state index contributed by atoms with van der Waals surface area (Å²) in [4.78, 5) is 2.39. The van der Waals surface area contributed by atoms with Gasteiger partial charge in [0.1, 0.15) is 4.32 Å². The standard InChI is InChI=1S/C19H37NS2/c1-2-3-4-5-6-7-8-9-10-11-12-13-14-15-16-20-17-18-22-19(20)21/h2-18H2,1H3. The van der Waals surface area contributed by atoms with E-state index in [1.807, 2.05) is 11.8 Å². The number of thioether (sulfide) groups is 1. The van der Waals surface area contributed by atoms with Crippen LogP contribution >= 0.6 is 24.0 Å². The van der Waals surface area contributed by atoms with Crippen LogP contribution in [0.25, 0.3) is 0 Å². The van der Waals surface area contributed by atoms with Crippen molar-refractivity contribution in [3.8, 4) is 0 Å². The molecule has 0 atom stereocenters. The van der Waals surface area contributed by atoms with Gasteiger partial charge >= 0.3 is 0 Å². The molecule has 1 heterocycles. The fourth-order valence-corrected chi connectivity index (χ4v) is 4.41. The number of rotatable bonds is 15. The van der Waals surface area contributed by atoms with Gasteiger partial charge in [-0.25, -0.2) is 0 Å². The number of nitrogens with zero attached hydrogens (tertiary/aromatic N) is 1. The molecule has 0 aromatic heterocycles. The summed E-state index contributed by atoms with van der Waals surface area (Å²) in [5.74, 6) is 1.21. The first-order valence-electron chi connectivity index (χ1n) is 9.76. The number of thiocarbonyl (C=S) groups is 1. The summed E-state index contributed by atoms with van der Waals surface area (Å²) in [5.41, 5.74) is 0. The highest BCUT2D eigenvalue weighted by atomic mass is 32.2. The van der Waals surface area contributed by atoms with Crippen molar-refractivity contribution in [3.05, 3.63) is 0 Å². The van der Waals surface area contributed by atoms with Crippen LogP contribution < -0.4 is 0 Å². The maximum absolute atomic E-state index is 5.33. The monoisotopic (exact) mass is 343 g/mol. The van der Waals surface area contributed by atoms with Crippen LogP contribution in [0.2, 0.25) is 0 Å². The van der Waals surface area contributed by atoms with Gasteiger partial charge in [0.2, 0.25) is 0 Å². The fourth-order valence-electron chi connectivity index (χ4n) is 3.13. The normalized spacial score (nSPS) is 15.0. The minimum atomic E-state index is 1.13. The molecule has 130 valence electrons. The lowest BCUT2D eigenvalue weighted by Gasteiger charge is -2.16. The van der Waals surface area contributed by atoms with Crippen LogP contribution in [0.15, 0.2) is 0 Å². The van der Waals surface area contributed by atoms with Gasteiger partial charge in [0, 0.05) is 18.8 Å². The third kappa shape index (κ3) is 10.9. The highest BCUT2D eigenvalue weighted by Crippen LogP contribution is 2.19. The van der Waals surface area contributed by atoms with Crippen LogP contribution in [0.1, 0.15) is 96.8 Å². The minimum Gasteiger partial charge on any atom is -0.357 e. The number of hydrogen-bond acceptors (Lipinski definition) is 2. The van der Waals surface area contributed by atoms with Gasteiger partial charge in [0.05, 0.1) is 0 Å². The summed E-state index contributed by atoms with van der Waals surface area (Å²) in [5, 5.41) is 0. The maximum Gasteiger partial charge on any atom is 0.136 e. The smallest absolute Gasteiger partial charge is 0.136 e. The predicted molar refractivity (Wildman–Crippen MR) is 107 cm³/mol. The van der Waals surface area contributed by atoms with Crippen LogP contribution in [0.4, 0.5) is 0 Å². The van der Waals surface area contributed by atoms with E-state index in [2.05, 4.69) is 11.8 Å². The summed E-state index contributed by atoms with van der Waals surface area (Å²) in [6.45, 7) is 4.67. The van der Waals surface area contributed by atoms with E-state index in [4.69, 9.17) is 12.2 Å². The first-order chi connectivity index (χ1) is 10.8. The van der Waals surface area contributed by atoms with E-state index >= 15 is 0 Å². The second-order valence-electron chi connectivity index (χ2n) is 6.70. The quantitative estimate of drug-likeness (QED) is 0.238. The highest BCUT2D eigenvalue weighted by Gasteiger charge is 2.15. The maximum atomic E-state index is 5.33. The average Bonchev–Trinajstić information content (AvgIpc) is 2.93. The third-order valence-corrected chi connectivity index (χ3v) is 6.13. The lowest BCUT2D eigenvalue weighted by atomic mass is 10.0. The van der Waals surface area contributed by atoms with Crippen molar-refractivity contribution in [3.63, 3.8) is 0 Å². The Labute approximate surface area is 149 Å². The Morgan fingerprint density at radius 2 is 1.23 bits per heavy atom. The van der Waals surface area contributed by atoms with E-state index in [0.717, 1.165) is 4.32 Å². The van der Waals surface area contributed by atoms with Crippen LogP contribution in [0.5, 0.6) is 0 Å². The Bertz CT molecular complexity index is 268. The topological polar surface area (TPSA) is 3.24 Å². The lowest BCUT2D eigenvalue weighted by Crippen LogP contribution is -2.23. The van der Waals surface area contributed by atoms with Gasteiger partial charge in [0.15, 0.2) is 0 Å². The van der Waals surface area contributed by atoms with Crippen molar-refractivity contribution in [2.24, 2.45) is 0 Å². The average molecular weight is 344 g/mol. The Morgan fingerprint density at radius 1 is 0.773 bits per heavy atom. The van der Waals surface area contributed by atoms with E-state index in [1.54, 1.807) is 0 Å². The zero-order valence-corrected chi connectivity index (χ0v) is 16.4. The molecule has 0 bridgehead atoms. The largest absolute Gasteiger partial charge is 0.357 e. The number of unbranched alkanes of at least 4 members (excludes halogenated alkanes) is 13. The highest BCUT2D eigenvalue weighted by molar-refractivity contribution is 8.23. The molecule has 3 heteroatoms. The van der Waals surface area contributed by atoms with Crippen molar-refractivity contribution in [2.75, 3.05) is 18.8 Å². The Hall–Kier alpha value is 0.240. The van der Waals surface area contributed by atoms with Crippen LogP contribution in [-0.4, -0.2) is 28.1 Å². The molecule has 0 spiro atoms. The SMILES string of the molecule is CCCCCCCCCCCCCCCCN1CCSC1=S. The molecule has 0 aromatic carbocycles. The lowest BCUT2D eigenvalue weighted by molar-refractivity contribution is 0.438. The first-order valence-corrected chi connectivity index (χ1v) is 11.2. The van der Waals surface area contributed by atoms with Crippen LogP contribution in [0.3, 0.4) is 0 Å². The molecule has 0 aromatic rings. The van der Waals surface area contributed by atoms with Gasteiger partial charge < -0.3 is 4.90 Å². The van der Waals surface area contributed by atoms with E-state index in [-0.39, 0.29) is 0 Å². The van der Waals surface area contributed by atoms with Gasteiger partial charge in [0.25, 0.3) is 0 Å². The Balaban J connectivity index is 1.70. The molecule has 0 unspecified atom stereocenters. The molecule has 1 rings (SSSR count). The van der Waals surface area contributed by atoms with E-state index < -0.39 is 0 Å². The zero-order chi connectivity index (χ0) is 15.9. The second kappa shape index (κ2) is 14.8. The number of hydrogen-bond donors (Lipinski definition) is 0. The van der Waals surface area contributed by atoms with Gasteiger partial charge in [-0.05, 0) is 6.42 Å². The molecular formula is C19H37NS2. The van der Waals surface area contributed by atoms with E-state index in [1.165, 1.54) is 109 Å². The molecule has 1 aliphatic heterocycles. The van der Waals surface area contributed by atoms with Crippen molar-refractivity contribution < 1.29 is 0 Å². The van der Waals surface area contributed by atoms with Crippen LogP contribution in [-0.2, 0) is 0 Å². The summed E-state index contributed by atoms with van der Waals surface area (Å²) >= 11 is 7.18. The minimum absolute atomic E-state index is 1.13. The molecule has 0 N–H and O–H groups in total. The fraction of sp³-hybridized carbons (Fsp3) is 0.947. The summed E-state index contributed by atoms with van der Waals surface area (Å²) in [6.07, 6.45) is 20.1. The molecule has 1 fully saturated rings. The van der Waals surface area contributed by atoms with E-state index in [0.29, 0.717) is 0 Å². The molecule has 0 saturated carbocycles. The van der Waals surface area contributed by atoms with Gasteiger partial charge in [-0.15, -0.1) is 0 Å². The molecule has 1 saturated heterocycles. The van der Waals surface area contributed by atoms with Crippen molar-refractivity contribution in [1.29, 1.82) is 0 Å². The summed E-state index contributed by atoms with van der Waals surface area (Å²) in [6, 6.07) is 0. The molecule has 0 amide bonds. The second-order valence-corrected chi connectivity index (χ2v) is 8.43. The summed E-state index contributed by atoms with van der Waals surface area (Å²) < 4.78 is 1.13. The Morgan fingerprint density at radius 3 is 1.64 bits per heavy atom. The zero-order valence-electron chi connectivity index (χ0n) is 14.8. The first kappa shape index (κ1) is 20.3. The third-order valence-electron chi connectivity index (χ3n) is 4.63. The van der Waals surface area contributed by atoms with Gasteiger partial charge in [-0.3, -0.25) is 0 Å². The van der Waals surface area contributed by atoms with E-state index in [9.17, 15) is 0 Å². The van der Waals surface area contributed by atoms with Crippen LogP contribution in [0, 0.1) is 0 Å². The molecule has 1 nitrogen and oxygen atoms in total. The van der Waals surface area contributed by atoms with Crippen molar-refractivity contribution >= 4 is 28.3 Å². The molecule has 0 radical (unpaired) electrons. The summed E-state index contributed by atoms with van der Waals surface area (Å²) in [7, 11) is 0. The molecule has 22 heavy (non-hydrogen) atoms. The van der Waals surface area contributed by atoms with Gasteiger partial charge in [-0.2, -0.15) is 0 Å². The molecule has 1 aliphatic rings. The Kier molecular flexibility index (Phi) is 13.7. The molecule has 0 aliphatic carbocycles. The van der Waals surface area contributed by atoms with Crippen molar-refractivity contribution in [2.45, 2.75) is 96.8 Å². The van der Waals surface area contributed by atoms with Gasteiger partial charge in [-0.1, -0.05) is 114 Å². The molecular weight excluding hydrogens is 306 g/mol. The van der Waals surface area contributed by atoms with Crippen molar-refractivity contribution in [1.82, 2.24) is 4.90 Å². The predicted octanol–water partition coefficient (Wildman–Crippen LogP) is 6.80.